The fourth-order valence-electron chi connectivity index (χ4n) is 0.847. The number of H-pyrrole nitrogens is 1. The number of carbonyl (C=O) groups is 1. The van der Waals surface area contributed by atoms with Crippen molar-refractivity contribution in [2.45, 2.75) is 19.8 Å². The van der Waals surface area contributed by atoms with Gasteiger partial charge in [0, 0.05) is 6.42 Å². The minimum absolute atomic E-state index is 0.267. The predicted molar refractivity (Wildman–Crippen MR) is 43.0 cm³/mol. The molecule has 0 saturated carbocycles. The summed E-state index contributed by atoms with van der Waals surface area (Å²) in [5, 5.41) is 0.267. The molecule has 0 aliphatic rings. The number of rotatable bonds is 3. The molecular formula is C7H9ClN2O. The average Bonchev–Trinajstić information content (AvgIpc) is 2.32. The van der Waals surface area contributed by atoms with E-state index in [0.29, 0.717) is 12.0 Å². The van der Waals surface area contributed by atoms with Crippen LogP contribution in [-0.4, -0.2) is 16.3 Å². The zero-order valence-corrected chi connectivity index (χ0v) is 6.98. The fourth-order valence-corrected chi connectivity index (χ4v) is 1.04. The second kappa shape index (κ2) is 3.53. The minimum Gasteiger partial charge on any atom is -0.339 e. The van der Waals surface area contributed by atoms with E-state index in [1.807, 2.05) is 6.92 Å². The van der Waals surface area contributed by atoms with Crippen molar-refractivity contribution in [1.29, 1.82) is 0 Å². The molecule has 3 nitrogen and oxygen atoms in total. The van der Waals surface area contributed by atoms with Gasteiger partial charge in [0.1, 0.15) is 11.5 Å². The van der Waals surface area contributed by atoms with Crippen LogP contribution in [-0.2, 0) is 6.42 Å². The monoisotopic (exact) mass is 172 g/mol. The van der Waals surface area contributed by atoms with Crippen molar-refractivity contribution < 1.29 is 4.79 Å². The number of nitrogens with zero attached hydrogens (tertiary/aromatic N) is 1. The topological polar surface area (TPSA) is 45.8 Å². The van der Waals surface area contributed by atoms with Crippen LogP contribution in [0.1, 0.15) is 29.7 Å². The van der Waals surface area contributed by atoms with Gasteiger partial charge in [-0.05, 0) is 6.42 Å². The maximum Gasteiger partial charge on any atom is 0.169 e. The molecule has 1 aromatic heterocycles. The van der Waals surface area contributed by atoms with Crippen molar-refractivity contribution in [3.05, 3.63) is 16.7 Å². The van der Waals surface area contributed by atoms with Crippen LogP contribution in [0.15, 0.2) is 0 Å². The molecule has 0 atom stereocenters. The SMILES string of the molecule is CCCc1nc(Cl)c(C=O)[nH]1. The van der Waals surface area contributed by atoms with Gasteiger partial charge in [0.05, 0.1) is 0 Å². The van der Waals surface area contributed by atoms with Crippen LogP contribution < -0.4 is 0 Å². The highest BCUT2D eigenvalue weighted by atomic mass is 35.5. The zero-order valence-electron chi connectivity index (χ0n) is 6.22. The Bertz CT molecular complexity index is 257. The molecule has 0 aliphatic heterocycles. The predicted octanol–water partition coefficient (Wildman–Crippen LogP) is 1.83. The molecular weight excluding hydrogens is 164 g/mol. The zero-order chi connectivity index (χ0) is 8.27. The average molecular weight is 173 g/mol. The summed E-state index contributed by atoms with van der Waals surface area (Å²) in [7, 11) is 0. The first-order valence-corrected chi connectivity index (χ1v) is 3.85. The molecule has 1 aromatic rings. The Hall–Kier alpha value is -0.830. The summed E-state index contributed by atoms with van der Waals surface area (Å²) in [4.78, 5) is 17.1. The van der Waals surface area contributed by atoms with Crippen molar-refractivity contribution in [3.8, 4) is 0 Å². The van der Waals surface area contributed by atoms with Gasteiger partial charge in [-0.25, -0.2) is 4.98 Å². The number of hydrogen-bond acceptors (Lipinski definition) is 2. The van der Waals surface area contributed by atoms with Crippen molar-refractivity contribution in [1.82, 2.24) is 9.97 Å². The normalized spacial score (nSPS) is 10.0. The van der Waals surface area contributed by atoms with E-state index in [1.54, 1.807) is 0 Å². The largest absolute Gasteiger partial charge is 0.339 e. The molecule has 0 bridgehead atoms. The van der Waals surface area contributed by atoms with Crippen molar-refractivity contribution in [2.75, 3.05) is 0 Å². The van der Waals surface area contributed by atoms with Crippen LogP contribution in [0, 0.1) is 0 Å². The summed E-state index contributed by atoms with van der Waals surface area (Å²) in [6.45, 7) is 2.04. The Morgan fingerprint density at radius 3 is 2.91 bits per heavy atom. The summed E-state index contributed by atoms with van der Waals surface area (Å²) in [5.74, 6) is 0.777. The van der Waals surface area contributed by atoms with E-state index in [1.165, 1.54) is 0 Å². The third kappa shape index (κ3) is 1.80. The Morgan fingerprint density at radius 1 is 1.73 bits per heavy atom. The Labute approximate surface area is 69.8 Å². The summed E-state index contributed by atoms with van der Waals surface area (Å²) < 4.78 is 0. The quantitative estimate of drug-likeness (QED) is 0.707. The second-order valence-corrected chi connectivity index (χ2v) is 2.61. The van der Waals surface area contributed by atoms with Gasteiger partial charge >= 0.3 is 0 Å². The first kappa shape index (κ1) is 8.27. The highest BCUT2D eigenvalue weighted by molar-refractivity contribution is 6.31. The highest BCUT2D eigenvalue weighted by Gasteiger charge is 2.04. The van der Waals surface area contributed by atoms with Crippen molar-refractivity contribution in [2.24, 2.45) is 0 Å². The van der Waals surface area contributed by atoms with Gasteiger partial charge in [-0.2, -0.15) is 0 Å². The lowest BCUT2D eigenvalue weighted by molar-refractivity contribution is 0.111. The van der Waals surface area contributed by atoms with Crippen molar-refractivity contribution in [3.63, 3.8) is 0 Å². The molecule has 60 valence electrons. The summed E-state index contributed by atoms with van der Waals surface area (Å²) in [6, 6.07) is 0. The number of aryl methyl sites for hydroxylation is 1. The third-order valence-electron chi connectivity index (χ3n) is 1.34. The molecule has 0 unspecified atom stereocenters. The number of nitrogens with one attached hydrogen (secondary N) is 1. The third-order valence-corrected chi connectivity index (χ3v) is 1.63. The molecule has 1 heterocycles. The Balaban J connectivity index is 2.86. The second-order valence-electron chi connectivity index (χ2n) is 2.26. The van der Waals surface area contributed by atoms with Gasteiger partial charge in [-0.15, -0.1) is 0 Å². The van der Waals surface area contributed by atoms with Crippen LogP contribution in [0.2, 0.25) is 5.15 Å². The molecule has 4 heteroatoms. The van der Waals surface area contributed by atoms with Crippen LogP contribution in [0.3, 0.4) is 0 Å². The molecule has 0 radical (unpaired) electrons. The van der Waals surface area contributed by atoms with Crippen molar-refractivity contribution >= 4 is 17.9 Å². The number of carbonyl (C=O) groups excluding carboxylic acids is 1. The summed E-state index contributed by atoms with van der Waals surface area (Å²) in [5.41, 5.74) is 0.370. The van der Waals surface area contributed by atoms with Gasteiger partial charge in [0.25, 0.3) is 0 Å². The number of aldehydes is 1. The lowest BCUT2D eigenvalue weighted by Gasteiger charge is -1.86. The molecule has 0 aromatic carbocycles. The molecule has 1 rings (SSSR count). The number of aromatic amines is 1. The number of aromatic nitrogens is 2. The maximum absolute atomic E-state index is 10.3. The Kier molecular flexibility index (Phi) is 2.65. The van der Waals surface area contributed by atoms with Gasteiger partial charge < -0.3 is 4.98 Å². The first-order chi connectivity index (χ1) is 5.27. The smallest absolute Gasteiger partial charge is 0.169 e. The standard InChI is InChI=1S/C7H9ClN2O/c1-2-3-6-9-5(4-11)7(8)10-6/h4H,2-3H2,1H3,(H,9,10). The van der Waals surface area contributed by atoms with E-state index < -0.39 is 0 Å². The molecule has 0 saturated heterocycles. The van der Waals surface area contributed by atoms with Gasteiger partial charge in [-0.1, -0.05) is 18.5 Å². The first-order valence-electron chi connectivity index (χ1n) is 3.47. The maximum atomic E-state index is 10.3. The van der Waals surface area contributed by atoms with E-state index in [2.05, 4.69) is 9.97 Å². The van der Waals surface area contributed by atoms with Crippen LogP contribution >= 0.6 is 11.6 Å². The number of imidazole rings is 1. The van der Waals surface area contributed by atoms with Crippen LogP contribution in [0.4, 0.5) is 0 Å². The molecule has 0 fully saturated rings. The molecule has 0 amide bonds. The van der Waals surface area contributed by atoms with E-state index in [0.717, 1.165) is 18.7 Å². The lowest BCUT2D eigenvalue weighted by Crippen LogP contribution is -1.85. The van der Waals surface area contributed by atoms with Gasteiger partial charge in [-0.3, -0.25) is 4.79 Å². The summed E-state index contributed by atoms with van der Waals surface area (Å²) >= 11 is 5.61. The molecule has 11 heavy (non-hydrogen) atoms. The van der Waals surface area contributed by atoms with Crippen LogP contribution in [0.25, 0.3) is 0 Å². The number of hydrogen-bond donors (Lipinski definition) is 1. The minimum atomic E-state index is 0.267. The summed E-state index contributed by atoms with van der Waals surface area (Å²) in [6.07, 6.45) is 2.49. The van der Waals surface area contributed by atoms with E-state index >= 15 is 0 Å². The fraction of sp³-hybridized carbons (Fsp3) is 0.429. The molecule has 0 spiro atoms. The van der Waals surface area contributed by atoms with E-state index in [-0.39, 0.29) is 5.15 Å². The van der Waals surface area contributed by atoms with Gasteiger partial charge in [0.15, 0.2) is 11.4 Å². The van der Waals surface area contributed by atoms with E-state index in [4.69, 9.17) is 11.6 Å². The number of halogens is 1. The highest BCUT2D eigenvalue weighted by Crippen LogP contribution is 2.10. The van der Waals surface area contributed by atoms with Crippen LogP contribution in [0.5, 0.6) is 0 Å². The van der Waals surface area contributed by atoms with Gasteiger partial charge in [0.2, 0.25) is 0 Å². The van der Waals surface area contributed by atoms with E-state index in [9.17, 15) is 4.79 Å². The molecule has 1 N–H and O–H groups in total. The molecule has 0 aliphatic carbocycles. The Morgan fingerprint density at radius 2 is 2.45 bits per heavy atom. The lowest BCUT2D eigenvalue weighted by atomic mass is 10.3.